The summed E-state index contributed by atoms with van der Waals surface area (Å²) in [5.41, 5.74) is 0.284. The van der Waals surface area contributed by atoms with E-state index in [2.05, 4.69) is 10.4 Å². The van der Waals surface area contributed by atoms with Gasteiger partial charge in [0, 0.05) is 18.9 Å². The van der Waals surface area contributed by atoms with Gasteiger partial charge in [0.2, 0.25) is 0 Å². The predicted octanol–water partition coefficient (Wildman–Crippen LogP) is 1.71. The molecule has 7 heteroatoms. The minimum absolute atomic E-state index is 0.175. The molecular weight excluding hydrogens is 274 g/mol. The number of ether oxygens (including phenoxy) is 1. The van der Waals surface area contributed by atoms with E-state index in [-0.39, 0.29) is 16.6 Å². The molecule has 1 heterocycles. The Morgan fingerprint density at radius 2 is 2.39 bits per heavy atom. The van der Waals surface area contributed by atoms with Gasteiger partial charge in [0.15, 0.2) is 0 Å². The SMILES string of the molecule is COCCn1ncc(NC(C)CSC)c(Cl)c1=O. The number of thioether (sulfide) groups is 1. The molecule has 0 aliphatic carbocycles. The molecule has 0 aliphatic heterocycles. The first kappa shape index (κ1) is 15.3. The third kappa shape index (κ3) is 4.19. The summed E-state index contributed by atoms with van der Waals surface area (Å²) in [6.07, 6.45) is 3.61. The van der Waals surface area contributed by atoms with Gasteiger partial charge in [0.05, 0.1) is 25.0 Å². The van der Waals surface area contributed by atoms with Gasteiger partial charge in [-0.1, -0.05) is 11.6 Å². The van der Waals surface area contributed by atoms with Crippen molar-refractivity contribution in [1.29, 1.82) is 0 Å². The highest BCUT2D eigenvalue weighted by Crippen LogP contribution is 2.17. The van der Waals surface area contributed by atoms with Crippen LogP contribution in [0.2, 0.25) is 5.02 Å². The van der Waals surface area contributed by atoms with Gasteiger partial charge in [-0.2, -0.15) is 16.9 Å². The molecule has 1 aromatic rings. The minimum atomic E-state index is -0.296. The van der Waals surface area contributed by atoms with Crippen molar-refractivity contribution >= 4 is 29.1 Å². The molecule has 5 nitrogen and oxygen atoms in total. The quantitative estimate of drug-likeness (QED) is 0.829. The van der Waals surface area contributed by atoms with Crippen molar-refractivity contribution in [3.63, 3.8) is 0 Å². The highest BCUT2D eigenvalue weighted by atomic mass is 35.5. The third-order valence-electron chi connectivity index (χ3n) is 2.31. The lowest BCUT2D eigenvalue weighted by atomic mass is 10.3. The maximum Gasteiger partial charge on any atom is 0.287 e. The lowest BCUT2D eigenvalue weighted by molar-refractivity contribution is 0.182. The Labute approximate surface area is 116 Å². The lowest BCUT2D eigenvalue weighted by Crippen LogP contribution is -2.27. The molecule has 0 aromatic carbocycles. The molecule has 0 fully saturated rings. The Balaban J connectivity index is 2.83. The molecule has 102 valence electrons. The molecular formula is C11H18ClN3O2S. The van der Waals surface area contributed by atoms with Crippen molar-refractivity contribution in [2.45, 2.75) is 19.5 Å². The van der Waals surface area contributed by atoms with E-state index < -0.39 is 0 Å². The second-order valence-electron chi connectivity index (χ2n) is 3.89. The van der Waals surface area contributed by atoms with Gasteiger partial charge in [0.1, 0.15) is 5.02 Å². The van der Waals surface area contributed by atoms with Crippen molar-refractivity contribution in [2.24, 2.45) is 0 Å². The van der Waals surface area contributed by atoms with Gasteiger partial charge in [-0.3, -0.25) is 4.79 Å². The highest BCUT2D eigenvalue weighted by molar-refractivity contribution is 7.98. The molecule has 1 unspecified atom stereocenters. The van der Waals surface area contributed by atoms with Gasteiger partial charge < -0.3 is 10.1 Å². The van der Waals surface area contributed by atoms with E-state index in [0.717, 1.165) is 5.75 Å². The van der Waals surface area contributed by atoms with E-state index >= 15 is 0 Å². The highest BCUT2D eigenvalue weighted by Gasteiger charge is 2.11. The lowest BCUT2D eigenvalue weighted by Gasteiger charge is -2.15. The van der Waals surface area contributed by atoms with E-state index in [9.17, 15) is 4.79 Å². The number of halogens is 1. The van der Waals surface area contributed by atoms with Crippen LogP contribution in [0.1, 0.15) is 6.92 Å². The van der Waals surface area contributed by atoms with Crippen molar-refractivity contribution in [2.75, 3.05) is 31.0 Å². The molecule has 0 spiro atoms. The van der Waals surface area contributed by atoms with Gasteiger partial charge >= 0.3 is 0 Å². The molecule has 0 bridgehead atoms. The Hall–Kier alpha value is -0.720. The number of hydrogen-bond acceptors (Lipinski definition) is 5. The fourth-order valence-electron chi connectivity index (χ4n) is 1.46. The van der Waals surface area contributed by atoms with E-state index in [1.54, 1.807) is 25.1 Å². The van der Waals surface area contributed by atoms with Gasteiger partial charge in [-0.25, -0.2) is 4.68 Å². The number of hydrogen-bond donors (Lipinski definition) is 1. The number of anilines is 1. The first-order valence-electron chi connectivity index (χ1n) is 5.60. The Morgan fingerprint density at radius 1 is 1.67 bits per heavy atom. The zero-order valence-corrected chi connectivity index (χ0v) is 12.3. The van der Waals surface area contributed by atoms with Crippen LogP contribution in [0.5, 0.6) is 0 Å². The summed E-state index contributed by atoms with van der Waals surface area (Å²) in [6.45, 7) is 2.86. The zero-order chi connectivity index (χ0) is 13.5. The van der Waals surface area contributed by atoms with Crippen LogP contribution in [-0.4, -0.2) is 41.5 Å². The van der Waals surface area contributed by atoms with E-state index in [1.807, 2.05) is 13.2 Å². The van der Waals surface area contributed by atoms with Gasteiger partial charge in [-0.05, 0) is 13.2 Å². The summed E-state index contributed by atoms with van der Waals surface area (Å²) >= 11 is 7.77. The number of aromatic nitrogens is 2. The van der Waals surface area contributed by atoms with Crippen LogP contribution in [0.4, 0.5) is 5.69 Å². The predicted molar refractivity (Wildman–Crippen MR) is 76.8 cm³/mol. The summed E-state index contributed by atoms with van der Waals surface area (Å²) in [5.74, 6) is 0.934. The second-order valence-corrected chi connectivity index (χ2v) is 5.18. The van der Waals surface area contributed by atoms with Crippen molar-refractivity contribution in [3.05, 3.63) is 21.6 Å². The van der Waals surface area contributed by atoms with E-state index in [4.69, 9.17) is 16.3 Å². The van der Waals surface area contributed by atoms with Crippen LogP contribution >= 0.6 is 23.4 Å². The Morgan fingerprint density at radius 3 is 3.00 bits per heavy atom. The molecule has 0 saturated heterocycles. The third-order valence-corrected chi connectivity index (χ3v) is 3.51. The molecule has 18 heavy (non-hydrogen) atoms. The van der Waals surface area contributed by atoms with Gasteiger partial charge in [-0.15, -0.1) is 0 Å². The van der Waals surface area contributed by atoms with Crippen LogP contribution < -0.4 is 10.9 Å². The molecule has 0 amide bonds. The van der Waals surface area contributed by atoms with Crippen LogP contribution in [0.25, 0.3) is 0 Å². The summed E-state index contributed by atoms with van der Waals surface area (Å²) in [6, 6.07) is 0.230. The standard InChI is InChI=1S/C11H18ClN3O2S/c1-8(7-18-3)14-9-6-13-15(4-5-17-2)11(16)10(9)12/h6,8,14H,4-5,7H2,1-3H3. The van der Waals surface area contributed by atoms with E-state index in [1.165, 1.54) is 4.68 Å². The number of methoxy groups -OCH3 is 1. The Kier molecular flexibility index (Phi) is 6.52. The molecule has 1 aromatic heterocycles. The molecule has 1 rings (SSSR count). The first-order chi connectivity index (χ1) is 8.60. The monoisotopic (exact) mass is 291 g/mol. The topological polar surface area (TPSA) is 56.1 Å². The van der Waals surface area contributed by atoms with E-state index in [0.29, 0.717) is 18.8 Å². The van der Waals surface area contributed by atoms with Crippen LogP contribution in [0, 0.1) is 0 Å². The molecule has 1 atom stereocenters. The Bertz CT molecular complexity index is 439. The fraction of sp³-hybridized carbons (Fsp3) is 0.636. The summed E-state index contributed by atoms with van der Waals surface area (Å²) < 4.78 is 6.21. The van der Waals surface area contributed by atoms with Crippen molar-refractivity contribution in [1.82, 2.24) is 9.78 Å². The maximum absolute atomic E-state index is 11.9. The molecule has 1 N–H and O–H groups in total. The van der Waals surface area contributed by atoms with Gasteiger partial charge in [0.25, 0.3) is 5.56 Å². The average molecular weight is 292 g/mol. The number of nitrogens with zero attached hydrogens (tertiary/aromatic N) is 2. The van der Waals surface area contributed by atoms with Crippen LogP contribution in [0.15, 0.2) is 11.0 Å². The molecule has 0 radical (unpaired) electrons. The largest absolute Gasteiger partial charge is 0.383 e. The summed E-state index contributed by atoms with van der Waals surface area (Å²) in [7, 11) is 1.58. The molecule has 0 saturated carbocycles. The summed E-state index contributed by atoms with van der Waals surface area (Å²) in [4.78, 5) is 11.9. The van der Waals surface area contributed by atoms with Crippen LogP contribution in [0.3, 0.4) is 0 Å². The number of nitrogens with one attached hydrogen (secondary N) is 1. The molecule has 0 aliphatic rings. The number of rotatable bonds is 7. The summed E-state index contributed by atoms with van der Waals surface area (Å²) in [5, 5.41) is 7.41. The average Bonchev–Trinajstić information content (AvgIpc) is 2.34. The first-order valence-corrected chi connectivity index (χ1v) is 7.37. The minimum Gasteiger partial charge on any atom is -0.383 e. The smallest absolute Gasteiger partial charge is 0.287 e. The normalized spacial score (nSPS) is 12.4. The van der Waals surface area contributed by atoms with Crippen LogP contribution in [-0.2, 0) is 11.3 Å². The second kappa shape index (κ2) is 7.66. The maximum atomic E-state index is 11.9. The zero-order valence-electron chi connectivity index (χ0n) is 10.8. The fourth-order valence-corrected chi connectivity index (χ4v) is 2.24. The van der Waals surface area contributed by atoms with Crippen molar-refractivity contribution < 1.29 is 4.74 Å². The van der Waals surface area contributed by atoms with Crippen molar-refractivity contribution in [3.8, 4) is 0 Å².